The van der Waals surface area contributed by atoms with E-state index in [9.17, 15) is 0 Å². The van der Waals surface area contributed by atoms with E-state index in [0.717, 1.165) is 35.4 Å². The Hall–Kier alpha value is -2.29. The number of nitrogen functional groups attached to an aromatic ring is 1. The van der Waals surface area contributed by atoms with Crippen LogP contribution in [0, 0.1) is 0 Å². The fourth-order valence-electron chi connectivity index (χ4n) is 2.38. The molecule has 3 aromatic rings. The number of fused-ring (bicyclic) bond motifs is 1. The lowest BCUT2D eigenvalue weighted by Crippen LogP contribution is -2.00. The number of aromatic nitrogens is 2. The van der Waals surface area contributed by atoms with Crippen molar-refractivity contribution in [3.8, 4) is 0 Å². The molecule has 0 radical (unpaired) electrons. The van der Waals surface area contributed by atoms with Crippen LogP contribution in [0.25, 0.3) is 11.0 Å². The van der Waals surface area contributed by atoms with Crippen molar-refractivity contribution in [2.45, 2.75) is 12.8 Å². The highest BCUT2D eigenvalue weighted by molar-refractivity contribution is 5.79. The van der Waals surface area contributed by atoms with Crippen molar-refractivity contribution in [2.75, 3.05) is 5.73 Å². The third kappa shape index (κ3) is 2.32. The molecule has 0 saturated carbocycles. The highest BCUT2D eigenvalue weighted by atomic mass is 15.1. The van der Waals surface area contributed by atoms with E-state index in [0.29, 0.717) is 0 Å². The summed E-state index contributed by atoms with van der Waals surface area (Å²) in [5.74, 6) is 1.10. The molecule has 3 heteroatoms. The minimum atomic E-state index is 0.783. The smallest absolute Gasteiger partial charge is 0.109 e. The molecule has 3 rings (SSSR count). The van der Waals surface area contributed by atoms with Crippen molar-refractivity contribution in [1.29, 1.82) is 0 Å². The molecule has 0 aliphatic carbocycles. The van der Waals surface area contributed by atoms with Crippen molar-refractivity contribution in [1.82, 2.24) is 9.55 Å². The molecule has 1 aromatic heterocycles. The lowest BCUT2D eigenvalue weighted by molar-refractivity contribution is 0.787. The van der Waals surface area contributed by atoms with E-state index in [-0.39, 0.29) is 0 Å². The van der Waals surface area contributed by atoms with E-state index in [2.05, 4.69) is 40.9 Å². The van der Waals surface area contributed by atoms with Gasteiger partial charge in [-0.2, -0.15) is 0 Å². The van der Waals surface area contributed by atoms with Crippen LogP contribution in [-0.2, 0) is 19.9 Å². The SMILES string of the molecule is Cn1c(CCc2ccccc2)nc2ccc(N)cc21. The van der Waals surface area contributed by atoms with E-state index in [4.69, 9.17) is 5.73 Å². The molecule has 2 aromatic carbocycles. The molecule has 19 heavy (non-hydrogen) atoms. The Labute approximate surface area is 112 Å². The number of nitrogens with zero attached hydrogens (tertiary/aromatic N) is 2. The maximum absolute atomic E-state index is 5.83. The Balaban J connectivity index is 1.87. The van der Waals surface area contributed by atoms with Gasteiger partial charge < -0.3 is 10.3 Å². The third-order valence-corrected chi connectivity index (χ3v) is 3.48. The molecule has 0 fully saturated rings. The predicted molar refractivity (Wildman–Crippen MR) is 79.0 cm³/mol. The Morgan fingerprint density at radius 1 is 1.05 bits per heavy atom. The number of hydrogen-bond acceptors (Lipinski definition) is 2. The second-order valence-corrected chi connectivity index (χ2v) is 4.82. The largest absolute Gasteiger partial charge is 0.399 e. The fraction of sp³-hybridized carbons (Fsp3) is 0.188. The van der Waals surface area contributed by atoms with Gasteiger partial charge in [0.25, 0.3) is 0 Å². The summed E-state index contributed by atoms with van der Waals surface area (Å²) in [5.41, 5.74) is 10.1. The quantitative estimate of drug-likeness (QED) is 0.727. The lowest BCUT2D eigenvalue weighted by atomic mass is 10.1. The van der Waals surface area contributed by atoms with Gasteiger partial charge in [0.2, 0.25) is 0 Å². The van der Waals surface area contributed by atoms with Crippen LogP contribution in [0.4, 0.5) is 5.69 Å². The standard InChI is InChI=1S/C16H17N3/c1-19-15-11-13(17)8-9-14(15)18-16(19)10-7-12-5-3-2-4-6-12/h2-6,8-9,11H,7,10,17H2,1H3. The number of nitrogens with two attached hydrogens (primary N) is 1. The van der Waals surface area contributed by atoms with E-state index < -0.39 is 0 Å². The Kier molecular flexibility index (Phi) is 2.95. The molecular weight excluding hydrogens is 234 g/mol. The second kappa shape index (κ2) is 4.76. The van der Waals surface area contributed by atoms with E-state index in [1.54, 1.807) is 0 Å². The minimum Gasteiger partial charge on any atom is -0.399 e. The fourth-order valence-corrected chi connectivity index (χ4v) is 2.38. The van der Waals surface area contributed by atoms with Crippen molar-refractivity contribution in [3.63, 3.8) is 0 Å². The summed E-state index contributed by atoms with van der Waals surface area (Å²) in [7, 11) is 2.05. The average Bonchev–Trinajstić information content (AvgIpc) is 2.74. The van der Waals surface area contributed by atoms with E-state index in [1.165, 1.54) is 5.56 Å². The zero-order chi connectivity index (χ0) is 13.2. The summed E-state index contributed by atoms with van der Waals surface area (Å²) in [6, 6.07) is 16.4. The van der Waals surface area contributed by atoms with Gasteiger partial charge in [-0.25, -0.2) is 4.98 Å². The van der Waals surface area contributed by atoms with Gasteiger partial charge in [-0.1, -0.05) is 30.3 Å². The van der Waals surface area contributed by atoms with Crippen LogP contribution in [0.5, 0.6) is 0 Å². The number of benzene rings is 2. The average molecular weight is 251 g/mol. The summed E-state index contributed by atoms with van der Waals surface area (Å²) < 4.78 is 2.13. The maximum Gasteiger partial charge on any atom is 0.109 e. The van der Waals surface area contributed by atoms with Gasteiger partial charge in [0, 0.05) is 19.2 Å². The molecule has 0 bridgehead atoms. The molecule has 0 amide bonds. The second-order valence-electron chi connectivity index (χ2n) is 4.82. The summed E-state index contributed by atoms with van der Waals surface area (Å²) in [5, 5.41) is 0. The van der Waals surface area contributed by atoms with E-state index >= 15 is 0 Å². The Bertz CT molecular complexity index is 699. The summed E-state index contributed by atoms with van der Waals surface area (Å²) in [6.45, 7) is 0. The predicted octanol–water partition coefficient (Wildman–Crippen LogP) is 2.94. The van der Waals surface area contributed by atoms with E-state index in [1.807, 2.05) is 24.3 Å². The van der Waals surface area contributed by atoms with Gasteiger partial charge in [-0.15, -0.1) is 0 Å². The van der Waals surface area contributed by atoms with Crippen LogP contribution in [0.15, 0.2) is 48.5 Å². The van der Waals surface area contributed by atoms with Crippen LogP contribution in [-0.4, -0.2) is 9.55 Å². The monoisotopic (exact) mass is 251 g/mol. The normalized spacial score (nSPS) is 11.0. The number of anilines is 1. The molecule has 1 heterocycles. The van der Waals surface area contributed by atoms with Gasteiger partial charge >= 0.3 is 0 Å². The highest BCUT2D eigenvalue weighted by Gasteiger charge is 2.07. The Morgan fingerprint density at radius 3 is 2.63 bits per heavy atom. The molecule has 2 N–H and O–H groups in total. The summed E-state index contributed by atoms with van der Waals surface area (Å²) in [6.07, 6.45) is 1.95. The zero-order valence-corrected chi connectivity index (χ0v) is 11.0. The Morgan fingerprint density at radius 2 is 1.84 bits per heavy atom. The molecule has 0 saturated heterocycles. The molecule has 0 aliphatic heterocycles. The molecule has 96 valence electrons. The maximum atomic E-state index is 5.83. The first-order valence-electron chi connectivity index (χ1n) is 6.49. The van der Waals surface area contributed by atoms with Gasteiger partial charge in [0.1, 0.15) is 5.82 Å². The molecule has 0 spiro atoms. The first kappa shape index (κ1) is 11.8. The zero-order valence-electron chi connectivity index (χ0n) is 11.0. The summed E-state index contributed by atoms with van der Waals surface area (Å²) in [4.78, 5) is 4.68. The minimum absolute atomic E-state index is 0.783. The van der Waals surface area contributed by atoms with Crippen LogP contribution >= 0.6 is 0 Å². The van der Waals surface area contributed by atoms with Gasteiger partial charge in [-0.05, 0) is 30.2 Å². The van der Waals surface area contributed by atoms with Crippen LogP contribution in [0.2, 0.25) is 0 Å². The van der Waals surface area contributed by atoms with Crippen LogP contribution in [0.3, 0.4) is 0 Å². The molecule has 0 unspecified atom stereocenters. The highest BCUT2D eigenvalue weighted by Crippen LogP contribution is 2.18. The number of aryl methyl sites for hydroxylation is 3. The molecule has 0 aliphatic rings. The first-order chi connectivity index (χ1) is 9.24. The third-order valence-electron chi connectivity index (χ3n) is 3.48. The van der Waals surface area contributed by atoms with Crippen LogP contribution in [0.1, 0.15) is 11.4 Å². The van der Waals surface area contributed by atoms with Gasteiger partial charge in [-0.3, -0.25) is 0 Å². The molecular formula is C16H17N3. The number of hydrogen-bond donors (Lipinski definition) is 1. The van der Waals surface area contributed by atoms with Crippen LogP contribution < -0.4 is 5.73 Å². The lowest BCUT2D eigenvalue weighted by Gasteiger charge is -2.03. The topological polar surface area (TPSA) is 43.8 Å². The molecule has 0 atom stereocenters. The van der Waals surface area contributed by atoms with Crippen molar-refractivity contribution in [3.05, 3.63) is 59.9 Å². The van der Waals surface area contributed by atoms with Crippen molar-refractivity contribution < 1.29 is 0 Å². The molecule has 3 nitrogen and oxygen atoms in total. The number of rotatable bonds is 3. The number of imidazole rings is 1. The summed E-state index contributed by atoms with van der Waals surface area (Å²) >= 11 is 0. The van der Waals surface area contributed by atoms with Crippen molar-refractivity contribution in [2.24, 2.45) is 7.05 Å². The van der Waals surface area contributed by atoms with Gasteiger partial charge in [0.15, 0.2) is 0 Å². The van der Waals surface area contributed by atoms with Gasteiger partial charge in [0.05, 0.1) is 11.0 Å². The first-order valence-corrected chi connectivity index (χ1v) is 6.49. The van der Waals surface area contributed by atoms with Crippen molar-refractivity contribution >= 4 is 16.7 Å².